The van der Waals surface area contributed by atoms with Gasteiger partial charge in [-0.3, -0.25) is 0 Å². The molecule has 3 nitrogen and oxygen atoms in total. The van der Waals surface area contributed by atoms with E-state index in [4.69, 9.17) is 14.7 Å². The quantitative estimate of drug-likeness (QED) is 0.286. The third-order valence-electron chi connectivity index (χ3n) is 0. The van der Waals surface area contributed by atoms with Crippen molar-refractivity contribution in [3.05, 3.63) is 0 Å². The Morgan fingerprint density at radius 1 is 1.00 bits per heavy atom. The van der Waals surface area contributed by atoms with Crippen molar-refractivity contribution in [1.29, 1.82) is 0 Å². The van der Waals surface area contributed by atoms with Crippen LogP contribution in [0.25, 0.3) is 0 Å². The summed E-state index contributed by atoms with van der Waals surface area (Å²) in [6, 6.07) is 0. The summed E-state index contributed by atoms with van der Waals surface area (Å²) in [6.45, 7) is 0. The molecule has 0 unspecified atom stereocenters. The Bertz CT molecular complexity index is 15.5. The van der Waals surface area contributed by atoms with Crippen LogP contribution < -0.4 is 0 Å². The standard InChI is InChI=1S/Ca.Mg.H3O3P/c;;1-4(2)3/h;;1-3H. The van der Waals surface area contributed by atoms with Gasteiger partial charge in [0.2, 0.25) is 0 Å². The monoisotopic (exact) mass is 146 g/mol. The summed E-state index contributed by atoms with van der Waals surface area (Å²) in [5.74, 6) is 0. The Hall–Kier alpha value is 2.34. The Morgan fingerprint density at radius 2 is 1.00 bits per heavy atom. The zero-order valence-electron chi connectivity index (χ0n) is 3.20. The Morgan fingerprint density at radius 3 is 1.00 bits per heavy atom. The number of hydrogen-bond donors (Lipinski definition) is 3. The first-order chi connectivity index (χ1) is 1.73. The third kappa shape index (κ3) is 33.1. The van der Waals surface area contributed by atoms with Gasteiger partial charge < -0.3 is 14.7 Å². The zero-order valence-corrected chi connectivity index (χ0v) is 7.72. The Labute approximate surface area is 82.9 Å². The Kier molecular flexibility index (Phi) is 27.2. The fourth-order valence-corrected chi connectivity index (χ4v) is 0. The van der Waals surface area contributed by atoms with Crippen molar-refractivity contribution in [2.75, 3.05) is 0 Å². The van der Waals surface area contributed by atoms with Gasteiger partial charge in [-0.1, -0.05) is 0 Å². The minimum absolute atomic E-state index is 0. The van der Waals surface area contributed by atoms with Crippen molar-refractivity contribution in [2.45, 2.75) is 0 Å². The van der Waals surface area contributed by atoms with E-state index < -0.39 is 8.60 Å². The van der Waals surface area contributed by atoms with E-state index in [1.54, 1.807) is 0 Å². The van der Waals surface area contributed by atoms with Gasteiger partial charge in [0, 0.05) is 60.8 Å². The predicted octanol–water partition coefficient (Wildman–Crippen LogP) is -1.57. The summed E-state index contributed by atoms with van der Waals surface area (Å²) in [5, 5.41) is 0. The topological polar surface area (TPSA) is 60.7 Å². The van der Waals surface area contributed by atoms with Crippen LogP contribution in [0.5, 0.6) is 0 Å². The van der Waals surface area contributed by atoms with E-state index in [0.29, 0.717) is 0 Å². The molecule has 0 fully saturated rings. The van der Waals surface area contributed by atoms with Gasteiger partial charge in [0.05, 0.1) is 0 Å². The molecule has 0 aromatic carbocycles. The molecule has 30 valence electrons. The predicted molar refractivity (Wildman–Crippen MR) is 25.1 cm³/mol. The normalized spacial score (nSPS) is 6.00. The maximum Gasteiger partial charge on any atom is 0.324 e. The molecule has 3 N–H and O–H groups in total. The molecule has 0 saturated carbocycles. The van der Waals surface area contributed by atoms with Crippen LogP contribution >= 0.6 is 8.60 Å². The van der Waals surface area contributed by atoms with Gasteiger partial charge in [0.1, 0.15) is 0 Å². The second kappa shape index (κ2) is 10.3. The van der Waals surface area contributed by atoms with Crippen molar-refractivity contribution in [3.63, 3.8) is 0 Å². The van der Waals surface area contributed by atoms with E-state index in [-0.39, 0.29) is 60.8 Å². The van der Waals surface area contributed by atoms with Crippen LogP contribution in [0, 0.1) is 0 Å². The molecule has 0 heterocycles. The smallest absolute Gasteiger partial charge is 0.324 e. The van der Waals surface area contributed by atoms with Gasteiger partial charge in [-0.2, -0.15) is 0 Å². The van der Waals surface area contributed by atoms with Gasteiger partial charge in [-0.05, 0) is 0 Å². The molecule has 6 heavy (non-hydrogen) atoms. The maximum absolute atomic E-state index is 7.23. The summed E-state index contributed by atoms with van der Waals surface area (Å²) in [7, 11) is -2.62. The van der Waals surface area contributed by atoms with Crippen LogP contribution in [-0.4, -0.2) is 75.5 Å². The summed E-state index contributed by atoms with van der Waals surface area (Å²) in [4.78, 5) is 21.7. The zero-order chi connectivity index (χ0) is 3.58. The fourth-order valence-electron chi connectivity index (χ4n) is 0. The second-order valence-electron chi connectivity index (χ2n) is 0.268. The number of rotatable bonds is 0. The van der Waals surface area contributed by atoms with Crippen LogP contribution in [0.3, 0.4) is 0 Å². The summed E-state index contributed by atoms with van der Waals surface area (Å²) in [5.41, 5.74) is 0. The van der Waals surface area contributed by atoms with Gasteiger partial charge in [0.25, 0.3) is 0 Å². The average molecular weight is 146 g/mol. The first-order valence-electron chi connectivity index (χ1n) is 0.600. The molecular formula is H3CaMgO3P. The molecule has 0 spiro atoms. The molecule has 0 atom stereocenters. The minimum Gasteiger partial charge on any atom is -0.328 e. The molecule has 0 aliphatic rings. The first-order valence-corrected chi connectivity index (χ1v) is 1.80. The molecule has 0 aliphatic heterocycles. The molecule has 6 heteroatoms. The van der Waals surface area contributed by atoms with Crippen molar-refractivity contribution in [3.8, 4) is 0 Å². The van der Waals surface area contributed by atoms with E-state index in [1.165, 1.54) is 0 Å². The van der Waals surface area contributed by atoms with Crippen LogP contribution in [0.15, 0.2) is 0 Å². The van der Waals surface area contributed by atoms with Gasteiger partial charge in [-0.25, -0.2) is 0 Å². The van der Waals surface area contributed by atoms with Gasteiger partial charge >= 0.3 is 8.60 Å². The molecule has 4 radical (unpaired) electrons. The van der Waals surface area contributed by atoms with Crippen molar-refractivity contribution < 1.29 is 14.7 Å². The average Bonchev–Trinajstić information content (AvgIpc) is 0.811. The second-order valence-corrected chi connectivity index (χ2v) is 0.805. The van der Waals surface area contributed by atoms with E-state index in [2.05, 4.69) is 0 Å². The van der Waals surface area contributed by atoms with E-state index in [0.717, 1.165) is 0 Å². The minimum atomic E-state index is -2.62. The van der Waals surface area contributed by atoms with Crippen LogP contribution in [0.4, 0.5) is 0 Å². The van der Waals surface area contributed by atoms with Crippen LogP contribution in [-0.2, 0) is 0 Å². The number of hydrogen-bond acceptors (Lipinski definition) is 3. The summed E-state index contributed by atoms with van der Waals surface area (Å²) >= 11 is 0. The first kappa shape index (κ1) is 15.8. The molecule has 0 aliphatic carbocycles. The van der Waals surface area contributed by atoms with Crippen molar-refractivity contribution >= 4 is 69.4 Å². The molecule has 0 saturated heterocycles. The molecule has 0 amide bonds. The molecular weight excluding hydrogens is 143 g/mol. The van der Waals surface area contributed by atoms with E-state index in [9.17, 15) is 0 Å². The van der Waals surface area contributed by atoms with Crippen molar-refractivity contribution in [1.82, 2.24) is 0 Å². The summed E-state index contributed by atoms with van der Waals surface area (Å²) in [6.07, 6.45) is 0. The molecule has 0 rings (SSSR count). The van der Waals surface area contributed by atoms with Crippen molar-refractivity contribution in [2.24, 2.45) is 0 Å². The SMILES string of the molecule is OP(O)O.[Ca].[Mg]. The van der Waals surface area contributed by atoms with Crippen LogP contribution in [0.1, 0.15) is 0 Å². The molecule has 0 aromatic heterocycles. The molecule has 0 bridgehead atoms. The molecule has 0 aromatic rings. The fraction of sp³-hybridized carbons (Fsp3) is 0. The van der Waals surface area contributed by atoms with Gasteiger partial charge in [0.15, 0.2) is 0 Å². The van der Waals surface area contributed by atoms with E-state index in [1.807, 2.05) is 0 Å². The Balaban J connectivity index is -0.0000000450. The van der Waals surface area contributed by atoms with E-state index >= 15 is 0 Å². The summed E-state index contributed by atoms with van der Waals surface area (Å²) < 4.78 is 0. The maximum atomic E-state index is 7.23. The largest absolute Gasteiger partial charge is 0.328 e. The van der Waals surface area contributed by atoms with Gasteiger partial charge in [-0.15, -0.1) is 0 Å². The van der Waals surface area contributed by atoms with Crippen LogP contribution in [0.2, 0.25) is 0 Å². The third-order valence-corrected chi connectivity index (χ3v) is 0.